The van der Waals surface area contributed by atoms with Crippen LogP contribution < -0.4 is 11.1 Å². The second-order valence-corrected chi connectivity index (χ2v) is 29.8. The molecule has 6 aliphatic carbocycles. The van der Waals surface area contributed by atoms with Crippen LogP contribution in [0.5, 0.6) is 0 Å². The van der Waals surface area contributed by atoms with E-state index in [4.69, 9.17) is 10.5 Å². The summed E-state index contributed by atoms with van der Waals surface area (Å²) < 4.78 is 141. The molecule has 4 aliphatic heterocycles. The summed E-state index contributed by atoms with van der Waals surface area (Å²) in [5.74, 6) is -14.0. The Kier molecular flexibility index (Phi) is 25.9. The van der Waals surface area contributed by atoms with Crippen LogP contribution in [0.3, 0.4) is 0 Å². The number of carbonyl (C=O) groups is 1. The molecule has 10 rings (SSSR count). The van der Waals surface area contributed by atoms with Crippen LogP contribution in [0.25, 0.3) is 0 Å². The molecule has 0 spiro atoms. The molecule has 0 aromatic heterocycles. The Morgan fingerprint density at radius 2 is 0.884 bits per heavy atom. The van der Waals surface area contributed by atoms with Gasteiger partial charge in [0.15, 0.2) is 0 Å². The maximum Gasteiger partial charge on any atom is 0.410 e. The van der Waals surface area contributed by atoms with Crippen LogP contribution in [-0.4, -0.2) is 223 Å². The molecule has 21 heteroatoms. The van der Waals surface area contributed by atoms with Gasteiger partial charge in [0.2, 0.25) is 0 Å². The van der Waals surface area contributed by atoms with Crippen molar-refractivity contribution in [3.63, 3.8) is 0 Å². The fraction of sp³-hybridized carbons (Fsp3) is 0.985. The van der Waals surface area contributed by atoms with Crippen molar-refractivity contribution >= 4 is 6.09 Å². The lowest BCUT2D eigenvalue weighted by atomic mass is 9.81. The Bertz CT molecular complexity index is 2010. The van der Waals surface area contributed by atoms with E-state index in [2.05, 4.69) is 69.5 Å². The highest BCUT2D eigenvalue weighted by atomic mass is 19.3. The van der Waals surface area contributed by atoms with Gasteiger partial charge in [-0.15, -0.1) is 0 Å². The van der Waals surface area contributed by atoms with E-state index in [1.807, 2.05) is 41.9 Å². The number of amides is 1. The lowest BCUT2D eigenvalue weighted by molar-refractivity contribution is -0.113. The number of nitrogens with one attached hydrogen (secondary N) is 1. The molecule has 504 valence electrons. The average molecular weight is 1250 g/mol. The number of nitrogens with two attached hydrogens (primary N) is 1. The summed E-state index contributed by atoms with van der Waals surface area (Å²) in [5, 5.41) is 3.30. The van der Waals surface area contributed by atoms with Crippen molar-refractivity contribution < 1.29 is 53.4 Å². The number of likely N-dealkylation sites (tertiary alicyclic amines) is 3. The monoisotopic (exact) mass is 1250 g/mol. The average Bonchev–Trinajstić information content (AvgIpc) is 1.80. The van der Waals surface area contributed by atoms with Crippen molar-refractivity contribution in [3.05, 3.63) is 0 Å². The first kappa shape index (κ1) is 73.3. The summed E-state index contributed by atoms with van der Waals surface area (Å²) >= 11 is 0. The number of halogens is 10. The van der Waals surface area contributed by atoms with Crippen LogP contribution >= 0.6 is 0 Å². The summed E-state index contributed by atoms with van der Waals surface area (Å²) in [6.07, 6.45) is 12.5. The molecule has 1 amide bonds. The topological polar surface area (TPSA) is 87.0 Å². The lowest BCUT2D eigenvalue weighted by Crippen LogP contribution is -2.60. The first-order valence-corrected chi connectivity index (χ1v) is 33.6. The predicted octanol–water partition coefficient (Wildman–Crippen LogP) is 13.4. The van der Waals surface area contributed by atoms with E-state index >= 15 is 0 Å². The number of alkyl halides is 10. The fourth-order valence-corrected chi connectivity index (χ4v) is 15.9. The number of hydrogen-bond donors (Lipinski definition) is 2. The van der Waals surface area contributed by atoms with Crippen molar-refractivity contribution in [2.75, 3.05) is 80.5 Å². The lowest BCUT2D eigenvalue weighted by Gasteiger charge is -2.43. The summed E-state index contributed by atoms with van der Waals surface area (Å²) in [6.45, 7) is 26.7. The van der Waals surface area contributed by atoms with Crippen molar-refractivity contribution in [3.8, 4) is 0 Å². The number of carbonyl (C=O) groups excluding carboxylic acids is 1. The van der Waals surface area contributed by atoms with Crippen molar-refractivity contribution in [1.82, 2.24) is 39.6 Å². The van der Waals surface area contributed by atoms with Crippen LogP contribution in [0.4, 0.5) is 48.7 Å². The summed E-state index contributed by atoms with van der Waals surface area (Å²) in [7, 11) is 7.96. The van der Waals surface area contributed by atoms with E-state index in [0.717, 1.165) is 110 Å². The molecule has 10 fully saturated rings. The van der Waals surface area contributed by atoms with Gasteiger partial charge in [0, 0.05) is 162 Å². The van der Waals surface area contributed by atoms with Crippen LogP contribution in [0.1, 0.15) is 198 Å². The highest BCUT2D eigenvalue weighted by molar-refractivity contribution is 5.68. The van der Waals surface area contributed by atoms with E-state index < -0.39 is 59.0 Å². The minimum absolute atomic E-state index is 0.00674. The quantitative estimate of drug-likeness (QED) is 0.206. The zero-order chi connectivity index (χ0) is 64.1. The number of nitrogens with zero attached hydrogens (tertiary/aromatic N) is 7. The number of fused-ring (bicyclic) bond motifs is 1. The van der Waals surface area contributed by atoms with Gasteiger partial charge in [-0.1, -0.05) is 20.8 Å². The molecular weight excluding hydrogens is 1130 g/mol. The van der Waals surface area contributed by atoms with Crippen LogP contribution in [-0.2, 0) is 4.74 Å². The van der Waals surface area contributed by atoms with Crippen LogP contribution in [0.2, 0.25) is 0 Å². The Hall–Kier alpha value is -1.75. The Balaban J connectivity index is 0.000000176. The minimum atomic E-state index is -2.70. The molecule has 86 heavy (non-hydrogen) atoms. The van der Waals surface area contributed by atoms with Gasteiger partial charge in [-0.05, 0) is 185 Å². The Morgan fingerprint density at radius 1 is 0.512 bits per heavy atom. The van der Waals surface area contributed by atoms with E-state index in [9.17, 15) is 48.7 Å². The maximum atomic E-state index is 14.0. The molecule has 0 unspecified atom stereocenters. The predicted molar refractivity (Wildman–Crippen MR) is 325 cm³/mol. The largest absolute Gasteiger partial charge is 0.444 e. The van der Waals surface area contributed by atoms with Gasteiger partial charge in [0.25, 0.3) is 29.6 Å². The summed E-state index contributed by atoms with van der Waals surface area (Å²) in [6, 6.07) is 1.25. The number of likely N-dealkylation sites (N-methyl/N-ethyl adjacent to an activating group) is 4. The second kappa shape index (κ2) is 30.3. The molecular formula is C65H117F10N9O2. The van der Waals surface area contributed by atoms with Crippen molar-refractivity contribution in [1.29, 1.82) is 0 Å². The van der Waals surface area contributed by atoms with Gasteiger partial charge in [0.05, 0.1) is 6.04 Å². The molecule has 11 nitrogen and oxygen atoms in total. The van der Waals surface area contributed by atoms with E-state index in [0.29, 0.717) is 74.9 Å². The third-order valence-electron chi connectivity index (χ3n) is 22.3. The molecule has 0 bridgehead atoms. The SMILES string of the molecule is CC(C)N1CC[C@H](N(C)[C@H]2CCCC(F)(F)[C@@H]2C)C1.CC(C)N1CC[C@H](N(C)[C@H]2CCCC(F)(F)[C@@H]2N)C1.C[C@@H]1[C@@H](N(C)[C@H]2CCN(C(=O)OC(C)(C)C)C2)CCCC1(F)F.C[C@@H]1[C@@H](N(C)[C@H]2CCNC2)CCCC1(F)F.FC1(F)CCC[C@H]2C[C@H]21. The fourth-order valence-electron chi connectivity index (χ4n) is 15.9. The zero-order valence-electron chi connectivity index (χ0n) is 55.3. The molecule has 0 aromatic carbocycles. The van der Waals surface area contributed by atoms with Gasteiger partial charge in [0.1, 0.15) is 5.60 Å². The van der Waals surface area contributed by atoms with Crippen LogP contribution in [0, 0.1) is 29.6 Å². The molecule has 6 saturated carbocycles. The Morgan fingerprint density at radius 3 is 1.27 bits per heavy atom. The number of ether oxygens (including phenoxy) is 1. The minimum Gasteiger partial charge on any atom is -0.444 e. The van der Waals surface area contributed by atoms with Crippen molar-refractivity contribution in [2.45, 2.75) is 299 Å². The summed E-state index contributed by atoms with van der Waals surface area (Å²) in [5.41, 5.74) is 5.30. The molecule has 3 N–H and O–H groups in total. The molecule has 0 aromatic rings. The van der Waals surface area contributed by atoms with E-state index in [1.165, 1.54) is 0 Å². The van der Waals surface area contributed by atoms with Gasteiger partial charge in [-0.3, -0.25) is 29.4 Å². The standard InChI is InChI=1S/C17H30F2N2O2.C15H28F2N2.C14H27F2N3.C12H22F2N2.C7H10F2/c1-12-14(7-6-9-17(12,18)19)20(5)13-8-10-21(11-13)15(22)23-16(2,3)4;1-11(2)19-9-7-13(10-19)18(4)14-6-5-8-15(16,17)12(14)3;1-10(2)19-8-6-11(9-19)18(3)12-5-4-7-14(15,16)13(12)17;1-9-11(4-3-6-12(9,13)14)16(2)10-5-7-15-8-10;8-7(9)3-1-2-5-4-6(5)7/h12-14H,6-11H2,1-5H3;11-14H,5-10H2,1-4H3;10-13H,4-9,17H2,1-3H3;9-11,15H,3-8H2,1-2H3;5-6H,1-4H2/t2*12-,13+,14+;11-,12-,13+;9-,10+,11+;5-,6+/m11010/s1. The summed E-state index contributed by atoms with van der Waals surface area (Å²) in [4.78, 5) is 27.3. The van der Waals surface area contributed by atoms with Gasteiger partial charge < -0.3 is 20.7 Å². The molecule has 14 atom stereocenters. The highest BCUT2D eigenvalue weighted by Crippen LogP contribution is 2.57. The van der Waals surface area contributed by atoms with Gasteiger partial charge in [-0.25, -0.2) is 48.7 Å². The first-order chi connectivity index (χ1) is 39.9. The normalized spacial score (nSPS) is 36.6. The molecule has 10 aliphatic rings. The van der Waals surface area contributed by atoms with Gasteiger partial charge >= 0.3 is 6.09 Å². The first-order valence-electron chi connectivity index (χ1n) is 33.6. The van der Waals surface area contributed by atoms with Crippen molar-refractivity contribution in [2.24, 2.45) is 35.3 Å². The second-order valence-electron chi connectivity index (χ2n) is 29.8. The van der Waals surface area contributed by atoms with E-state index in [-0.39, 0.29) is 74.3 Å². The number of rotatable bonds is 10. The molecule has 0 radical (unpaired) electrons. The maximum absolute atomic E-state index is 14.0. The zero-order valence-corrected chi connectivity index (χ0v) is 55.3. The Labute approximate surface area is 512 Å². The third-order valence-corrected chi connectivity index (χ3v) is 22.3. The third kappa shape index (κ3) is 19.2. The van der Waals surface area contributed by atoms with Gasteiger partial charge in [-0.2, -0.15) is 0 Å². The smallest absolute Gasteiger partial charge is 0.410 e. The van der Waals surface area contributed by atoms with Crippen LogP contribution in [0.15, 0.2) is 0 Å². The number of hydrogen-bond acceptors (Lipinski definition) is 10. The van der Waals surface area contributed by atoms with E-state index in [1.54, 1.807) is 25.7 Å². The highest BCUT2D eigenvalue weighted by Gasteiger charge is 2.57. The molecule has 4 heterocycles. The molecule has 4 saturated heterocycles.